The van der Waals surface area contributed by atoms with Gasteiger partial charge in [-0.2, -0.15) is 0 Å². The first kappa shape index (κ1) is 12.5. The number of hydrogen-bond donors (Lipinski definition) is 1. The fraction of sp³-hybridized carbons (Fsp3) is 0.214. The topological polar surface area (TPSA) is 34.1 Å². The van der Waals surface area contributed by atoms with E-state index >= 15 is 0 Å². The summed E-state index contributed by atoms with van der Waals surface area (Å²) < 4.78 is 18.8. The van der Waals surface area contributed by atoms with Crippen LogP contribution in [0.25, 0.3) is 11.3 Å². The lowest BCUT2D eigenvalue weighted by Crippen LogP contribution is -2.05. The van der Waals surface area contributed by atoms with Crippen LogP contribution in [0.3, 0.4) is 0 Å². The molecule has 2 aromatic rings. The molecule has 0 fully saturated rings. The summed E-state index contributed by atoms with van der Waals surface area (Å²) >= 11 is 0. The van der Waals surface area contributed by atoms with E-state index in [-0.39, 0.29) is 5.82 Å². The molecule has 1 aromatic heterocycles. The number of benzene rings is 1. The number of methoxy groups -OCH3 is 1. The summed E-state index contributed by atoms with van der Waals surface area (Å²) in [4.78, 5) is 4.27. The van der Waals surface area contributed by atoms with Crippen molar-refractivity contribution < 1.29 is 9.13 Å². The number of rotatable bonds is 4. The van der Waals surface area contributed by atoms with Crippen LogP contribution in [0, 0.1) is 5.82 Å². The van der Waals surface area contributed by atoms with E-state index in [0.29, 0.717) is 17.0 Å². The van der Waals surface area contributed by atoms with Gasteiger partial charge in [-0.15, -0.1) is 0 Å². The van der Waals surface area contributed by atoms with Crippen LogP contribution < -0.4 is 10.1 Å². The van der Waals surface area contributed by atoms with Gasteiger partial charge in [0.05, 0.1) is 12.8 Å². The highest BCUT2D eigenvalue weighted by atomic mass is 19.1. The molecule has 1 heterocycles. The van der Waals surface area contributed by atoms with Crippen molar-refractivity contribution in [2.75, 3.05) is 14.2 Å². The molecule has 0 aliphatic heterocycles. The maximum atomic E-state index is 13.7. The number of nitrogens with one attached hydrogen (secondary N) is 1. The minimum Gasteiger partial charge on any atom is -0.497 e. The summed E-state index contributed by atoms with van der Waals surface area (Å²) in [6.07, 6.45) is 1.74. The maximum Gasteiger partial charge on any atom is 0.132 e. The molecular weight excluding hydrogens is 231 g/mol. The minimum atomic E-state index is -0.301. The van der Waals surface area contributed by atoms with Crippen molar-refractivity contribution in [1.82, 2.24) is 10.3 Å². The van der Waals surface area contributed by atoms with Gasteiger partial charge in [-0.1, -0.05) is 6.07 Å². The van der Waals surface area contributed by atoms with Crippen molar-refractivity contribution in [3.05, 3.63) is 47.9 Å². The third-order valence-electron chi connectivity index (χ3n) is 2.66. The zero-order chi connectivity index (χ0) is 13.0. The van der Waals surface area contributed by atoms with Gasteiger partial charge in [0.15, 0.2) is 0 Å². The Bertz CT molecular complexity index is 526. The van der Waals surface area contributed by atoms with Gasteiger partial charge >= 0.3 is 0 Å². The van der Waals surface area contributed by atoms with Crippen LogP contribution in [0.15, 0.2) is 36.5 Å². The van der Waals surface area contributed by atoms with Gasteiger partial charge in [-0.05, 0) is 36.9 Å². The smallest absolute Gasteiger partial charge is 0.132 e. The van der Waals surface area contributed by atoms with Gasteiger partial charge in [-0.25, -0.2) is 4.39 Å². The third kappa shape index (κ3) is 2.65. The molecule has 0 saturated carbocycles. The van der Waals surface area contributed by atoms with Crippen molar-refractivity contribution in [1.29, 1.82) is 0 Å². The molecule has 0 saturated heterocycles. The van der Waals surface area contributed by atoms with Crippen LogP contribution in [0.2, 0.25) is 0 Å². The summed E-state index contributed by atoms with van der Waals surface area (Å²) in [5, 5.41) is 3.04. The highest BCUT2D eigenvalue weighted by Crippen LogP contribution is 2.25. The lowest BCUT2D eigenvalue weighted by atomic mass is 10.1. The monoisotopic (exact) mass is 246 g/mol. The van der Waals surface area contributed by atoms with Crippen molar-refractivity contribution in [3.63, 3.8) is 0 Å². The first-order valence-electron chi connectivity index (χ1n) is 5.68. The second-order valence-electron chi connectivity index (χ2n) is 3.93. The zero-order valence-electron chi connectivity index (χ0n) is 10.4. The summed E-state index contributed by atoms with van der Waals surface area (Å²) in [6.45, 7) is 0.744. The molecule has 4 heteroatoms. The third-order valence-corrected chi connectivity index (χ3v) is 2.66. The second kappa shape index (κ2) is 5.60. The quantitative estimate of drug-likeness (QED) is 0.900. The van der Waals surface area contributed by atoms with Crippen molar-refractivity contribution in [3.8, 4) is 17.0 Å². The number of nitrogens with zero attached hydrogens (tertiary/aromatic N) is 1. The van der Waals surface area contributed by atoms with E-state index in [1.807, 2.05) is 19.2 Å². The van der Waals surface area contributed by atoms with Gasteiger partial charge in [0.25, 0.3) is 0 Å². The van der Waals surface area contributed by atoms with Gasteiger partial charge < -0.3 is 10.1 Å². The van der Waals surface area contributed by atoms with Crippen LogP contribution in [0.5, 0.6) is 5.75 Å². The first-order valence-corrected chi connectivity index (χ1v) is 5.68. The molecule has 0 amide bonds. The number of pyridine rings is 1. The Labute approximate surface area is 106 Å². The fourth-order valence-electron chi connectivity index (χ4n) is 1.72. The predicted molar refractivity (Wildman–Crippen MR) is 68.9 cm³/mol. The van der Waals surface area contributed by atoms with E-state index in [2.05, 4.69) is 10.3 Å². The lowest BCUT2D eigenvalue weighted by molar-refractivity contribution is 0.414. The molecule has 0 bridgehead atoms. The van der Waals surface area contributed by atoms with E-state index in [1.54, 1.807) is 25.4 Å². The number of halogens is 1. The van der Waals surface area contributed by atoms with E-state index in [4.69, 9.17) is 4.74 Å². The van der Waals surface area contributed by atoms with Crippen LogP contribution in [0.4, 0.5) is 4.39 Å². The van der Waals surface area contributed by atoms with E-state index < -0.39 is 0 Å². The highest BCUT2D eigenvalue weighted by Gasteiger charge is 2.08. The number of hydrogen-bond acceptors (Lipinski definition) is 3. The molecule has 3 nitrogen and oxygen atoms in total. The predicted octanol–water partition coefficient (Wildman–Crippen LogP) is 2.62. The molecule has 0 aliphatic carbocycles. The lowest BCUT2D eigenvalue weighted by Gasteiger charge is -2.06. The summed E-state index contributed by atoms with van der Waals surface area (Å²) in [5.41, 5.74) is 2.11. The molecule has 0 aliphatic rings. The molecule has 0 atom stereocenters. The zero-order valence-corrected chi connectivity index (χ0v) is 10.4. The second-order valence-corrected chi connectivity index (χ2v) is 3.93. The first-order chi connectivity index (χ1) is 8.74. The Morgan fingerprint density at radius 3 is 2.72 bits per heavy atom. The molecule has 18 heavy (non-hydrogen) atoms. The average Bonchev–Trinajstić information content (AvgIpc) is 2.41. The average molecular weight is 246 g/mol. The Kier molecular flexibility index (Phi) is 3.89. The Morgan fingerprint density at radius 2 is 2.11 bits per heavy atom. The Morgan fingerprint density at radius 1 is 1.28 bits per heavy atom. The van der Waals surface area contributed by atoms with Crippen molar-refractivity contribution >= 4 is 0 Å². The highest BCUT2D eigenvalue weighted by molar-refractivity contribution is 5.62. The van der Waals surface area contributed by atoms with Gasteiger partial charge in [0, 0.05) is 18.3 Å². The van der Waals surface area contributed by atoms with Gasteiger partial charge in [0.2, 0.25) is 0 Å². The van der Waals surface area contributed by atoms with E-state index in [1.165, 1.54) is 6.07 Å². The standard InChI is InChI=1S/C14H15FN2O/c1-16-8-10-3-6-14(17-9-10)12-7-11(18-2)4-5-13(12)15/h3-7,9,16H,8H2,1-2H3. The SMILES string of the molecule is CNCc1ccc(-c2cc(OC)ccc2F)nc1. The van der Waals surface area contributed by atoms with Crippen molar-refractivity contribution in [2.45, 2.75) is 6.54 Å². The molecule has 1 aromatic carbocycles. The summed E-state index contributed by atoms with van der Waals surface area (Å²) in [6, 6.07) is 8.36. The summed E-state index contributed by atoms with van der Waals surface area (Å²) in [5.74, 6) is 0.317. The van der Waals surface area contributed by atoms with Crippen LogP contribution in [-0.2, 0) is 6.54 Å². The molecule has 2 rings (SSSR count). The molecule has 1 N–H and O–H groups in total. The molecule has 0 radical (unpaired) electrons. The Balaban J connectivity index is 2.35. The fourth-order valence-corrected chi connectivity index (χ4v) is 1.72. The maximum absolute atomic E-state index is 13.7. The van der Waals surface area contributed by atoms with Crippen LogP contribution in [-0.4, -0.2) is 19.1 Å². The number of aromatic nitrogens is 1. The normalized spacial score (nSPS) is 10.4. The molecule has 94 valence electrons. The van der Waals surface area contributed by atoms with Crippen molar-refractivity contribution in [2.24, 2.45) is 0 Å². The molecular formula is C14H15FN2O. The Hall–Kier alpha value is -1.94. The largest absolute Gasteiger partial charge is 0.497 e. The van der Waals surface area contributed by atoms with Gasteiger partial charge in [-0.3, -0.25) is 4.98 Å². The van der Waals surface area contributed by atoms with Gasteiger partial charge in [0.1, 0.15) is 11.6 Å². The van der Waals surface area contributed by atoms with E-state index in [9.17, 15) is 4.39 Å². The molecule has 0 spiro atoms. The summed E-state index contributed by atoms with van der Waals surface area (Å²) in [7, 11) is 3.43. The number of ether oxygens (including phenoxy) is 1. The molecule has 0 unspecified atom stereocenters. The van der Waals surface area contributed by atoms with E-state index in [0.717, 1.165) is 12.1 Å². The van der Waals surface area contributed by atoms with Crippen LogP contribution in [0.1, 0.15) is 5.56 Å². The minimum absolute atomic E-state index is 0.301. The van der Waals surface area contributed by atoms with Crippen LogP contribution >= 0.6 is 0 Å².